The van der Waals surface area contributed by atoms with Crippen LogP contribution < -0.4 is 10.0 Å². The number of carbonyl (C=O) groups is 1. The number of nitrogens with zero attached hydrogens (tertiary/aromatic N) is 1. The number of hydrogen-bond donors (Lipinski definition) is 2. The summed E-state index contributed by atoms with van der Waals surface area (Å²) in [5.74, 6) is 1.76. The highest BCUT2D eigenvalue weighted by atomic mass is 32.2. The first-order valence-electron chi connectivity index (χ1n) is 7.20. The van der Waals surface area contributed by atoms with E-state index in [0.29, 0.717) is 5.13 Å². The SMILES string of the molecule is C#CCNS(=O)(=O)c1cccc(C(=O)Nc2nc3ccccc3s2)c1. The second-order valence-corrected chi connectivity index (χ2v) is 7.79. The first kappa shape index (κ1) is 17.1. The number of benzene rings is 2. The minimum atomic E-state index is -3.76. The Balaban J connectivity index is 1.83. The van der Waals surface area contributed by atoms with Crippen molar-refractivity contribution in [2.24, 2.45) is 0 Å². The predicted octanol–water partition coefficient (Wildman–Crippen LogP) is 2.46. The molecule has 0 bridgehead atoms. The highest BCUT2D eigenvalue weighted by Crippen LogP contribution is 2.25. The Morgan fingerprint density at radius 3 is 2.76 bits per heavy atom. The summed E-state index contributed by atoms with van der Waals surface area (Å²) < 4.78 is 27.4. The fourth-order valence-corrected chi connectivity index (χ4v) is 3.96. The average Bonchev–Trinajstić information content (AvgIpc) is 3.02. The Labute approximate surface area is 149 Å². The summed E-state index contributed by atoms with van der Waals surface area (Å²) >= 11 is 1.35. The van der Waals surface area contributed by atoms with Crippen LogP contribution in [0.2, 0.25) is 0 Å². The molecule has 0 aliphatic heterocycles. The molecule has 0 atom stereocenters. The molecule has 0 aliphatic carbocycles. The fraction of sp³-hybridized carbons (Fsp3) is 0.0588. The van der Waals surface area contributed by atoms with Gasteiger partial charge in [0.2, 0.25) is 10.0 Å². The zero-order chi connectivity index (χ0) is 17.9. The van der Waals surface area contributed by atoms with Gasteiger partial charge in [-0.3, -0.25) is 10.1 Å². The number of terminal acetylenes is 1. The molecule has 3 rings (SSSR count). The first-order valence-corrected chi connectivity index (χ1v) is 9.50. The van der Waals surface area contributed by atoms with E-state index in [1.54, 1.807) is 0 Å². The van der Waals surface area contributed by atoms with Crippen molar-refractivity contribution in [2.75, 3.05) is 11.9 Å². The number of para-hydroxylation sites is 1. The summed E-state index contributed by atoms with van der Waals surface area (Å²) in [5, 5.41) is 3.14. The maximum absolute atomic E-state index is 12.4. The molecular formula is C17H13N3O3S2. The molecule has 1 aromatic heterocycles. The van der Waals surface area contributed by atoms with Crippen molar-refractivity contribution in [1.82, 2.24) is 9.71 Å². The van der Waals surface area contributed by atoms with E-state index in [2.05, 4.69) is 20.9 Å². The van der Waals surface area contributed by atoms with Crippen molar-refractivity contribution in [3.05, 3.63) is 54.1 Å². The lowest BCUT2D eigenvalue weighted by Gasteiger charge is -2.06. The van der Waals surface area contributed by atoms with E-state index in [9.17, 15) is 13.2 Å². The van der Waals surface area contributed by atoms with Crippen molar-refractivity contribution in [2.45, 2.75) is 4.90 Å². The molecule has 0 radical (unpaired) electrons. The van der Waals surface area contributed by atoms with E-state index in [1.807, 2.05) is 24.3 Å². The Hall–Kier alpha value is -2.73. The largest absolute Gasteiger partial charge is 0.298 e. The normalized spacial score (nSPS) is 11.2. The molecule has 0 saturated heterocycles. The quantitative estimate of drug-likeness (QED) is 0.675. The molecule has 0 aliphatic rings. The van der Waals surface area contributed by atoms with Gasteiger partial charge in [-0.1, -0.05) is 35.5 Å². The second kappa shape index (κ2) is 7.03. The summed E-state index contributed by atoms with van der Waals surface area (Å²) in [7, 11) is -3.76. The van der Waals surface area contributed by atoms with Crippen LogP contribution in [0.1, 0.15) is 10.4 Å². The van der Waals surface area contributed by atoms with Crippen molar-refractivity contribution in [3.8, 4) is 12.3 Å². The van der Waals surface area contributed by atoms with E-state index < -0.39 is 15.9 Å². The van der Waals surface area contributed by atoms with Crippen LogP contribution in [0.15, 0.2) is 53.4 Å². The zero-order valence-electron chi connectivity index (χ0n) is 12.9. The summed E-state index contributed by atoms with van der Waals surface area (Å²) in [5.41, 5.74) is 1.00. The van der Waals surface area contributed by atoms with Crippen molar-refractivity contribution in [1.29, 1.82) is 0 Å². The molecule has 6 nitrogen and oxygen atoms in total. The molecule has 126 valence electrons. The fourth-order valence-electron chi connectivity index (χ4n) is 2.12. The van der Waals surface area contributed by atoms with Crippen LogP contribution in [0.25, 0.3) is 10.2 Å². The van der Waals surface area contributed by atoms with Gasteiger partial charge in [0, 0.05) is 5.56 Å². The standard InChI is InChI=1S/C17H13N3O3S2/c1-2-10-18-25(22,23)13-7-5-6-12(11-13)16(21)20-17-19-14-8-3-4-9-15(14)24-17/h1,3-9,11,18H,10H2,(H,19,20,21). The van der Waals surface area contributed by atoms with Crippen molar-refractivity contribution in [3.63, 3.8) is 0 Å². The molecule has 3 aromatic rings. The highest BCUT2D eigenvalue weighted by Gasteiger charge is 2.16. The van der Waals surface area contributed by atoms with Gasteiger partial charge >= 0.3 is 0 Å². The number of rotatable bonds is 5. The minimum Gasteiger partial charge on any atom is -0.298 e. The molecule has 1 amide bonds. The van der Waals surface area contributed by atoms with E-state index in [4.69, 9.17) is 6.42 Å². The number of aromatic nitrogens is 1. The number of amides is 1. The average molecular weight is 371 g/mol. The molecule has 8 heteroatoms. The smallest absolute Gasteiger partial charge is 0.257 e. The third-order valence-corrected chi connectivity index (χ3v) is 5.64. The number of anilines is 1. The third kappa shape index (κ3) is 3.85. The van der Waals surface area contributed by atoms with Crippen LogP contribution in [0.4, 0.5) is 5.13 Å². The van der Waals surface area contributed by atoms with Gasteiger partial charge in [0.05, 0.1) is 21.7 Å². The maximum Gasteiger partial charge on any atom is 0.257 e. The lowest BCUT2D eigenvalue weighted by Crippen LogP contribution is -2.24. The number of fused-ring (bicyclic) bond motifs is 1. The first-order chi connectivity index (χ1) is 12.0. The van der Waals surface area contributed by atoms with Gasteiger partial charge in [0.15, 0.2) is 5.13 Å². The zero-order valence-corrected chi connectivity index (χ0v) is 14.5. The van der Waals surface area contributed by atoms with E-state index >= 15 is 0 Å². The number of sulfonamides is 1. The Bertz CT molecular complexity index is 1050. The van der Waals surface area contributed by atoms with E-state index in [-0.39, 0.29) is 17.0 Å². The van der Waals surface area contributed by atoms with Gasteiger partial charge in [-0.15, -0.1) is 6.42 Å². The number of carbonyl (C=O) groups excluding carboxylic acids is 1. The molecule has 0 fully saturated rings. The van der Waals surface area contributed by atoms with Gasteiger partial charge in [-0.05, 0) is 30.3 Å². The Morgan fingerprint density at radius 2 is 2.00 bits per heavy atom. The molecule has 0 saturated carbocycles. The monoisotopic (exact) mass is 371 g/mol. The van der Waals surface area contributed by atoms with Crippen LogP contribution >= 0.6 is 11.3 Å². The molecule has 25 heavy (non-hydrogen) atoms. The minimum absolute atomic E-state index is 0.0281. The molecule has 0 unspecified atom stereocenters. The molecular weight excluding hydrogens is 358 g/mol. The number of hydrogen-bond acceptors (Lipinski definition) is 5. The van der Waals surface area contributed by atoms with Crippen molar-refractivity contribution >= 4 is 42.6 Å². The number of thiazole rings is 1. The van der Waals surface area contributed by atoms with Crippen LogP contribution in [-0.4, -0.2) is 25.9 Å². The molecule has 0 spiro atoms. The van der Waals surface area contributed by atoms with Gasteiger partial charge in [-0.25, -0.2) is 13.4 Å². The van der Waals surface area contributed by atoms with Gasteiger partial charge < -0.3 is 0 Å². The van der Waals surface area contributed by atoms with Gasteiger partial charge in [0.25, 0.3) is 5.91 Å². The topological polar surface area (TPSA) is 88.2 Å². The summed E-state index contributed by atoms with van der Waals surface area (Å²) in [6.07, 6.45) is 5.06. The van der Waals surface area contributed by atoms with Gasteiger partial charge in [-0.2, -0.15) is 4.72 Å². The lowest BCUT2D eigenvalue weighted by atomic mass is 10.2. The van der Waals surface area contributed by atoms with Crippen LogP contribution in [0.3, 0.4) is 0 Å². The summed E-state index contributed by atoms with van der Waals surface area (Å²) in [6, 6.07) is 13.2. The predicted molar refractivity (Wildman–Crippen MR) is 98.0 cm³/mol. The summed E-state index contributed by atoms with van der Waals surface area (Å²) in [4.78, 5) is 16.7. The molecule has 2 N–H and O–H groups in total. The number of nitrogens with one attached hydrogen (secondary N) is 2. The second-order valence-electron chi connectivity index (χ2n) is 5.00. The van der Waals surface area contributed by atoms with Gasteiger partial charge in [0.1, 0.15) is 0 Å². The Kier molecular flexibility index (Phi) is 4.81. The van der Waals surface area contributed by atoms with Crippen LogP contribution in [-0.2, 0) is 10.0 Å². The third-order valence-electron chi connectivity index (χ3n) is 3.29. The van der Waals surface area contributed by atoms with E-state index in [1.165, 1.54) is 35.6 Å². The molecule has 2 aromatic carbocycles. The molecule has 1 heterocycles. The summed E-state index contributed by atoms with van der Waals surface area (Å²) in [6.45, 7) is -0.121. The maximum atomic E-state index is 12.4. The lowest BCUT2D eigenvalue weighted by molar-refractivity contribution is 0.102. The Morgan fingerprint density at radius 1 is 1.20 bits per heavy atom. The van der Waals surface area contributed by atoms with Crippen molar-refractivity contribution < 1.29 is 13.2 Å². The van der Waals surface area contributed by atoms with E-state index in [0.717, 1.165) is 10.2 Å². The highest BCUT2D eigenvalue weighted by molar-refractivity contribution is 7.89. The van der Waals surface area contributed by atoms with Crippen LogP contribution in [0, 0.1) is 12.3 Å². The van der Waals surface area contributed by atoms with Crippen LogP contribution in [0.5, 0.6) is 0 Å².